The number of hydrogen-bond donors (Lipinski definition) is 3. The summed E-state index contributed by atoms with van der Waals surface area (Å²) in [5.41, 5.74) is 18.0. The van der Waals surface area contributed by atoms with E-state index in [0.717, 1.165) is 0 Å². The molecule has 28 heavy (non-hydrogen) atoms. The van der Waals surface area contributed by atoms with E-state index in [-0.39, 0.29) is 16.8 Å². The zero-order valence-corrected chi connectivity index (χ0v) is 16.1. The summed E-state index contributed by atoms with van der Waals surface area (Å²) >= 11 is 0. The largest absolute Gasteiger partial charge is 0.366 e. The third kappa shape index (κ3) is 3.08. The van der Waals surface area contributed by atoms with Crippen molar-refractivity contribution in [1.29, 1.82) is 0 Å². The standard InChI is InChI=1S/C19H24N6O3/c1-19(2,3)15-14-12(17(21)27)13(10-6-4-5-7-11(10)16(20)26)23-25(14)9-8-24(15)18(22)28/h4-7,15H,8-9H2,1-3H3,(H2,20,26)(H2,21,27)(H2,22,28). The summed E-state index contributed by atoms with van der Waals surface area (Å²) in [6.45, 7) is 6.53. The van der Waals surface area contributed by atoms with Crippen LogP contribution in [0.2, 0.25) is 0 Å². The number of fused-ring (bicyclic) bond motifs is 1. The second-order valence-electron chi connectivity index (χ2n) is 7.91. The number of primary amides is 3. The van der Waals surface area contributed by atoms with E-state index in [1.807, 2.05) is 20.8 Å². The first-order valence-electron chi connectivity index (χ1n) is 8.89. The number of urea groups is 1. The van der Waals surface area contributed by atoms with Gasteiger partial charge in [0.2, 0.25) is 5.91 Å². The lowest BCUT2D eigenvalue weighted by Crippen LogP contribution is -2.49. The minimum atomic E-state index is -0.698. The van der Waals surface area contributed by atoms with Crippen molar-refractivity contribution in [1.82, 2.24) is 14.7 Å². The normalized spacial score (nSPS) is 16.5. The maximum absolute atomic E-state index is 12.5. The highest BCUT2D eigenvalue weighted by Crippen LogP contribution is 2.43. The maximum Gasteiger partial charge on any atom is 0.315 e. The Morgan fingerprint density at radius 1 is 1.04 bits per heavy atom. The summed E-state index contributed by atoms with van der Waals surface area (Å²) in [5.74, 6) is -1.33. The molecule has 1 aliphatic rings. The summed E-state index contributed by atoms with van der Waals surface area (Å²) in [6, 6.07) is 5.54. The molecule has 0 radical (unpaired) electrons. The smallest absolute Gasteiger partial charge is 0.315 e. The van der Waals surface area contributed by atoms with Crippen LogP contribution >= 0.6 is 0 Å². The summed E-state index contributed by atoms with van der Waals surface area (Å²) in [4.78, 5) is 37.9. The first kappa shape index (κ1) is 19.4. The molecule has 2 aromatic rings. The van der Waals surface area contributed by atoms with Gasteiger partial charge >= 0.3 is 6.03 Å². The third-order valence-corrected chi connectivity index (χ3v) is 4.91. The van der Waals surface area contributed by atoms with E-state index in [1.54, 1.807) is 28.9 Å². The molecule has 6 N–H and O–H groups in total. The molecule has 0 fully saturated rings. The van der Waals surface area contributed by atoms with Crippen LogP contribution in [-0.4, -0.2) is 39.1 Å². The highest BCUT2D eigenvalue weighted by molar-refractivity contribution is 6.05. The SMILES string of the molecule is CC(C)(C)C1c2c(C(N)=O)c(-c3ccccc3C(N)=O)nn2CCN1C(N)=O. The van der Waals surface area contributed by atoms with Gasteiger partial charge in [0.1, 0.15) is 5.69 Å². The van der Waals surface area contributed by atoms with Crippen LogP contribution in [-0.2, 0) is 6.54 Å². The maximum atomic E-state index is 12.5. The van der Waals surface area contributed by atoms with Crippen LogP contribution in [0.5, 0.6) is 0 Å². The zero-order chi connectivity index (χ0) is 20.8. The zero-order valence-electron chi connectivity index (χ0n) is 16.1. The van der Waals surface area contributed by atoms with Crippen molar-refractivity contribution in [2.45, 2.75) is 33.4 Å². The number of rotatable bonds is 3. The molecule has 1 atom stereocenters. The molecule has 4 amide bonds. The highest BCUT2D eigenvalue weighted by Gasteiger charge is 2.43. The average molecular weight is 384 g/mol. The minimum Gasteiger partial charge on any atom is -0.366 e. The van der Waals surface area contributed by atoms with Gasteiger partial charge in [-0.2, -0.15) is 5.10 Å². The summed E-state index contributed by atoms with van der Waals surface area (Å²) in [6.07, 6.45) is 0. The van der Waals surface area contributed by atoms with Gasteiger partial charge in [0.25, 0.3) is 5.91 Å². The van der Waals surface area contributed by atoms with E-state index in [1.165, 1.54) is 4.90 Å². The second-order valence-corrected chi connectivity index (χ2v) is 7.91. The molecule has 0 aliphatic carbocycles. The van der Waals surface area contributed by atoms with Crippen molar-refractivity contribution in [2.24, 2.45) is 22.6 Å². The van der Waals surface area contributed by atoms with Crippen LogP contribution in [0, 0.1) is 5.41 Å². The number of carbonyl (C=O) groups excluding carboxylic acids is 3. The Kier molecular flexibility index (Phi) is 4.62. The van der Waals surface area contributed by atoms with Crippen LogP contribution in [0.15, 0.2) is 24.3 Å². The lowest BCUT2D eigenvalue weighted by atomic mass is 9.80. The van der Waals surface area contributed by atoms with Crippen LogP contribution in [0.25, 0.3) is 11.3 Å². The highest BCUT2D eigenvalue weighted by atomic mass is 16.2. The van der Waals surface area contributed by atoms with Gasteiger partial charge in [-0.15, -0.1) is 0 Å². The number of amides is 4. The quantitative estimate of drug-likeness (QED) is 0.729. The van der Waals surface area contributed by atoms with Crippen molar-refractivity contribution in [2.75, 3.05) is 6.54 Å². The van der Waals surface area contributed by atoms with Crippen molar-refractivity contribution >= 4 is 17.8 Å². The molecular formula is C19H24N6O3. The Balaban J connectivity index is 2.34. The van der Waals surface area contributed by atoms with Crippen molar-refractivity contribution in [3.63, 3.8) is 0 Å². The van der Waals surface area contributed by atoms with E-state index in [9.17, 15) is 14.4 Å². The molecule has 0 spiro atoms. The fraction of sp³-hybridized carbons (Fsp3) is 0.368. The van der Waals surface area contributed by atoms with Crippen LogP contribution in [0.1, 0.15) is 53.2 Å². The first-order chi connectivity index (χ1) is 13.0. The van der Waals surface area contributed by atoms with Crippen molar-refractivity contribution in [3.8, 4) is 11.3 Å². The minimum absolute atomic E-state index is 0.166. The number of hydrogen-bond acceptors (Lipinski definition) is 4. The lowest BCUT2D eigenvalue weighted by molar-refractivity contribution is 0.0899. The van der Waals surface area contributed by atoms with E-state index in [2.05, 4.69) is 5.10 Å². The fourth-order valence-corrected chi connectivity index (χ4v) is 3.85. The van der Waals surface area contributed by atoms with E-state index < -0.39 is 29.3 Å². The molecule has 1 aromatic carbocycles. The number of nitrogens with two attached hydrogens (primary N) is 3. The Labute approximate surface area is 162 Å². The van der Waals surface area contributed by atoms with Gasteiger partial charge in [-0.05, 0) is 11.5 Å². The van der Waals surface area contributed by atoms with Gasteiger partial charge in [-0.1, -0.05) is 39.0 Å². The fourth-order valence-electron chi connectivity index (χ4n) is 3.85. The van der Waals surface area contributed by atoms with E-state index >= 15 is 0 Å². The topological polar surface area (TPSA) is 150 Å². The molecule has 0 saturated carbocycles. The van der Waals surface area contributed by atoms with Crippen molar-refractivity contribution < 1.29 is 14.4 Å². The summed E-state index contributed by atoms with van der Waals surface area (Å²) < 4.78 is 1.67. The van der Waals surface area contributed by atoms with Gasteiger partial charge in [0, 0.05) is 17.7 Å². The van der Waals surface area contributed by atoms with Crippen LogP contribution < -0.4 is 17.2 Å². The summed E-state index contributed by atoms with van der Waals surface area (Å²) in [5, 5.41) is 4.57. The third-order valence-electron chi connectivity index (χ3n) is 4.91. The van der Waals surface area contributed by atoms with E-state index in [4.69, 9.17) is 17.2 Å². The van der Waals surface area contributed by atoms with Crippen LogP contribution in [0.4, 0.5) is 4.79 Å². The Hall–Kier alpha value is -3.36. The van der Waals surface area contributed by atoms with Crippen LogP contribution in [0.3, 0.4) is 0 Å². The van der Waals surface area contributed by atoms with Gasteiger partial charge in [0.05, 0.1) is 23.8 Å². The molecule has 9 nitrogen and oxygen atoms in total. The van der Waals surface area contributed by atoms with Gasteiger partial charge in [0.15, 0.2) is 0 Å². The Morgan fingerprint density at radius 3 is 2.21 bits per heavy atom. The molecule has 1 aliphatic heterocycles. The Bertz CT molecular complexity index is 973. The molecule has 148 valence electrons. The molecule has 0 saturated heterocycles. The summed E-state index contributed by atoms with van der Waals surface area (Å²) in [7, 11) is 0. The van der Waals surface area contributed by atoms with Gasteiger partial charge in [-0.3, -0.25) is 14.3 Å². The van der Waals surface area contributed by atoms with Crippen molar-refractivity contribution in [3.05, 3.63) is 41.1 Å². The number of aromatic nitrogens is 2. The lowest BCUT2D eigenvalue weighted by Gasteiger charge is -2.42. The molecular weight excluding hydrogens is 360 g/mol. The number of benzene rings is 1. The van der Waals surface area contributed by atoms with Gasteiger partial charge < -0.3 is 22.1 Å². The molecule has 0 bridgehead atoms. The molecule has 1 aromatic heterocycles. The first-order valence-corrected chi connectivity index (χ1v) is 8.89. The number of nitrogens with zero attached hydrogens (tertiary/aromatic N) is 3. The monoisotopic (exact) mass is 384 g/mol. The average Bonchev–Trinajstić information content (AvgIpc) is 2.99. The van der Waals surface area contributed by atoms with Gasteiger partial charge in [-0.25, -0.2) is 4.79 Å². The molecule has 9 heteroatoms. The molecule has 1 unspecified atom stereocenters. The Morgan fingerprint density at radius 2 is 1.68 bits per heavy atom. The predicted molar refractivity (Wildman–Crippen MR) is 103 cm³/mol. The molecule has 3 rings (SSSR count). The van der Waals surface area contributed by atoms with E-state index in [0.29, 0.717) is 24.3 Å². The predicted octanol–water partition coefficient (Wildman–Crippen LogP) is 1.23. The number of carbonyl (C=O) groups is 3. The second kappa shape index (κ2) is 6.66. The molecule has 2 heterocycles.